The molecule has 3 heterocycles. The second-order valence-electron chi connectivity index (χ2n) is 4.61. The minimum Gasteiger partial charge on any atom is -0.461 e. The van der Waals surface area contributed by atoms with Crippen LogP contribution in [0.25, 0.3) is 11.5 Å². The van der Waals surface area contributed by atoms with Gasteiger partial charge in [0.1, 0.15) is 11.4 Å². The van der Waals surface area contributed by atoms with E-state index in [1.54, 1.807) is 42.4 Å². The van der Waals surface area contributed by atoms with Crippen LogP contribution in [-0.4, -0.2) is 29.8 Å². The minimum atomic E-state index is -0.385. The van der Waals surface area contributed by atoms with E-state index in [0.29, 0.717) is 47.6 Å². The molecule has 0 radical (unpaired) electrons. The molecule has 0 saturated carbocycles. The van der Waals surface area contributed by atoms with Gasteiger partial charge in [-0.25, -0.2) is 9.80 Å². The maximum atomic E-state index is 11.7. The first kappa shape index (κ1) is 14.6. The Morgan fingerprint density at radius 3 is 3.09 bits per heavy atom. The zero-order valence-corrected chi connectivity index (χ0v) is 12.7. The zero-order chi connectivity index (χ0) is 15.5. The molecule has 2 aromatic heterocycles. The van der Waals surface area contributed by atoms with E-state index in [2.05, 4.69) is 10.1 Å². The minimum absolute atomic E-state index is 0.334. The van der Waals surface area contributed by atoms with Crippen molar-refractivity contribution in [3.63, 3.8) is 0 Å². The molecule has 2 aromatic rings. The Hall–Kier alpha value is -2.34. The number of rotatable bonds is 4. The molecule has 6 nitrogen and oxygen atoms in total. The van der Waals surface area contributed by atoms with Gasteiger partial charge in [-0.3, -0.25) is 4.98 Å². The van der Waals surface area contributed by atoms with Gasteiger partial charge in [-0.15, -0.1) is 0 Å². The molecule has 7 heteroatoms. The third-order valence-electron chi connectivity index (χ3n) is 3.15. The van der Waals surface area contributed by atoms with E-state index in [1.165, 1.54) is 0 Å². The Morgan fingerprint density at radius 2 is 2.32 bits per heavy atom. The molecule has 22 heavy (non-hydrogen) atoms. The number of esters is 1. The molecule has 0 spiro atoms. The highest BCUT2D eigenvalue weighted by Gasteiger charge is 2.24. The van der Waals surface area contributed by atoms with Crippen molar-refractivity contribution in [1.82, 2.24) is 4.98 Å². The van der Waals surface area contributed by atoms with E-state index >= 15 is 0 Å². The Morgan fingerprint density at radius 1 is 1.45 bits per heavy atom. The molecule has 0 aliphatic carbocycles. The van der Waals surface area contributed by atoms with Crippen molar-refractivity contribution in [1.29, 1.82) is 0 Å². The molecule has 0 unspecified atom stereocenters. The molecule has 0 aromatic carbocycles. The number of hydrazone groups is 1. The molecule has 0 amide bonds. The smallest absolute Gasteiger partial charge is 0.354 e. The second kappa shape index (κ2) is 6.19. The summed E-state index contributed by atoms with van der Waals surface area (Å²) in [6.07, 6.45) is 2.18. The van der Waals surface area contributed by atoms with Crippen LogP contribution >= 0.6 is 11.6 Å². The number of carbonyl (C=O) groups is 1. The molecule has 3 rings (SSSR count). The number of halogens is 1. The van der Waals surface area contributed by atoms with Gasteiger partial charge in [-0.2, -0.15) is 5.10 Å². The maximum Gasteiger partial charge on any atom is 0.354 e. The average molecular weight is 320 g/mol. The molecule has 0 bridgehead atoms. The molecule has 0 saturated heterocycles. The Bertz CT molecular complexity index is 726. The highest BCUT2D eigenvalue weighted by atomic mass is 35.5. The van der Waals surface area contributed by atoms with Crippen LogP contribution in [0.2, 0.25) is 5.02 Å². The Balaban J connectivity index is 1.81. The van der Waals surface area contributed by atoms with Gasteiger partial charge >= 0.3 is 5.97 Å². The summed E-state index contributed by atoms with van der Waals surface area (Å²) in [7, 11) is 0. The van der Waals surface area contributed by atoms with E-state index in [-0.39, 0.29) is 5.97 Å². The summed E-state index contributed by atoms with van der Waals surface area (Å²) < 4.78 is 10.7. The molecular formula is C15H14ClN3O3. The lowest BCUT2D eigenvalue weighted by atomic mass is 10.3. The quantitative estimate of drug-likeness (QED) is 0.810. The molecule has 1 aliphatic heterocycles. The van der Waals surface area contributed by atoms with Crippen molar-refractivity contribution in [2.24, 2.45) is 5.10 Å². The SMILES string of the molecule is CCOC(=O)C1=NN(c2ccc(-c3ncccc3Cl)o2)CC1. The van der Waals surface area contributed by atoms with Gasteiger partial charge in [0.25, 0.3) is 0 Å². The molecule has 0 atom stereocenters. The number of anilines is 1. The van der Waals surface area contributed by atoms with E-state index in [1.807, 2.05) is 0 Å². The monoisotopic (exact) mass is 319 g/mol. The van der Waals surface area contributed by atoms with E-state index < -0.39 is 0 Å². The first-order valence-electron chi connectivity index (χ1n) is 6.92. The molecule has 0 fully saturated rings. The molecular weight excluding hydrogens is 306 g/mol. The molecule has 0 N–H and O–H groups in total. The summed E-state index contributed by atoms with van der Waals surface area (Å²) in [6.45, 7) is 2.67. The lowest BCUT2D eigenvalue weighted by molar-refractivity contribution is -0.135. The molecule has 114 valence electrons. The number of nitrogens with zero attached hydrogens (tertiary/aromatic N) is 3. The van der Waals surface area contributed by atoms with Crippen molar-refractivity contribution >= 4 is 29.2 Å². The Kier molecular flexibility index (Phi) is 4.11. The van der Waals surface area contributed by atoms with Crippen LogP contribution in [0, 0.1) is 0 Å². The van der Waals surface area contributed by atoms with E-state index in [9.17, 15) is 4.79 Å². The summed E-state index contributed by atoms with van der Waals surface area (Å²) >= 11 is 6.10. The largest absolute Gasteiger partial charge is 0.461 e. The van der Waals surface area contributed by atoms with Crippen LogP contribution in [0.15, 0.2) is 40.0 Å². The first-order chi connectivity index (χ1) is 10.7. The summed E-state index contributed by atoms with van der Waals surface area (Å²) in [6, 6.07) is 7.06. The van der Waals surface area contributed by atoms with Gasteiger partial charge in [0, 0.05) is 18.7 Å². The number of furan rings is 1. The van der Waals surface area contributed by atoms with E-state index in [0.717, 1.165) is 0 Å². The van der Waals surface area contributed by atoms with Gasteiger partial charge in [0.2, 0.25) is 5.88 Å². The topological polar surface area (TPSA) is 67.9 Å². The maximum absolute atomic E-state index is 11.7. The van der Waals surface area contributed by atoms with Crippen LogP contribution in [0.1, 0.15) is 13.3 Å². The van der Waals surface area contributed by atoms with Crippen LogP contribution in [0.4, 0.5) is 5.88 Å². The van der Waals surface area contributed by atoms with Gasteiger partial charge in [0.05, 0.1) is 18.2 Å². The van der Waals surface area contributed by atoms with Crippen LogP contribution in [0.5, 0.6) is 0 Å². The number of carbonyl (C=O) groups excluding carboxylic acids is 1. The van der Waals surface area contributed by atoms with Crippen LogP contribution in [-0.2, 0) is 9.53 Å². The highest BCUT2D eigenvalue weighted by molar-refractivity contribution is 6.37. The van der Waals surface area contributed by atoms with E-state index in [4.69, 9.17) is 20.8 Å². The predicted molar refractivity (Wildman–Crippen MR) is 83.0 cm³/mol. The second-order valence-corrected chi connectivity index (χ2v) is 5.02. The van der Waals surface area contributed by atoms with Gasteiger partial charge in [-0.1, -0.05) is 11.6 Å². The molecule has 1 aliphatic rings. The van der Waals surface area contributed by atoms with Gasteiger partial charge in [-0.05, 0) is 25.1 Å². The van der Waals surface area contributed by atoms with Crippen LogP contribution in [0.3, 0.4) is 0 Å². The number of hydrogen-bond acceptors (Lipinski definition) is 6. The fourth-order valence-corrected chi connectivity index (χ4v) is 2.35. The summed E-state index contributed by atoms with van der Waals surface area (Å²) in [5.74, 6) is 0.709. The van der Waals surface area contributed by atoms with Crippen LogP contribution < -0.4 is 5.01 Å². The van der Waals surface area contributed by atoms with Crippen molar-refractivity contribution in [2.75, 3.05) is 18.2 Å². The third-order valence-corrected chi connectivity index (χ3v) is 3.46. The first-order valence-corrected chi connectivity index (χ1v) is 7.29. The lowest BCUT2D eigenvalue weighted by Gasteiger charge is -2.08. The Labute approximate surface area is 132 Å². The zero-order valence-electron chi connectivity index (χ0n) is 12.0. The third kappa shape index (κ3) is 2.82. The van der Waals surface area contributed by atoms with Crippen molar-refractivity contribution < 1.29 is 13.9 Å². The summed E-state index contributed by atoms with van der Waals surface area (Å²) in [5, 5.41) is 6.38. The number of aromatic nitrogens is 1. The fourth-order valence-electron chi connectivity index (χ4n) is 2.13. The highest BCUT2D eigenvalue weighted by Crippen LogP contribution is 2.31. The predicted octanol–water partition coefficient (Wildman–Crippen LogP) is 3.12. The van der Waals surface area contributed by atoms with Gasteiger partial charge < -0.3 is 9.15 Å². The number of ether oxygens (including phenoxy) is 1. The lowest BCUT2D eigenvalue weighted by Crippen LogP contribution is -2.15. The van der Waals surface area contributed by atoms with Crippen molar-refractivity contribution in [3.05, 3.63) is 35.5 Å². The number of pyridine rings is 1. The number of hydrogen-bond donors (Lipinski definition) is 0. The van der Waals surface area contributed by atoms with Crippen molar-refractivity contribution in [2.45, 2.75) is 13.3 Å². The average Bonchev–Trinajstić information content (AvgIpc) is 3.17. The standard InChI is InChI=1S/C15H14ClN3O3/c1-2-21-15(20)11-7-9-19(18-11)13-6-5-12(22-13)14-10(16)4-3-8-17-14/h3-6,8H,2,7,9H2,1H3. The van der Waals surface area contributed by atoms with Gasteiger partial charge in [0.15, 0.2) is 5.76 Å². The summed E-state index contributed by atoms with van der Waals surface area (Å²) in [4.78, 5) is 15.9. The van der Waals surface area contributed by atoms with Crippen molar-refractivity contribution in [3.8, 4) is 11.5 Å². The summed E-state index contributed by atoms with van der Waals surface area (Å²) in [5.41, 5.74) is 0.972. The normalized spacial score (nSPS) is 14.1. The fraction of sp³-hybridized carbons (Fsp3) is 0.267.